The van der Waals surface area contributed by atoms with Crippen LogP contribution in [0.4, 0.5) is 20.3 Å². The van der Waals surface area contributed by atoms with Crippen LogP contribution in [-0.2, 0) is 0 Å². The summed E-state index contributed by atoms with van der Waals surface area (Å²) in [6.45, 7) is 0. The molecule has 0 aliphatic carbocycles. The summed E-state index contributed by atoms with van der Waals surface area (Å²) < 4.78 is 26.2. The molecule has 0 unspecified atom stereocenters. The number of rotatable bonds is 3. The Morgan fingerprint density at radius 2 is 2.00 bits per heavy atom. The van der Waals surface area contributed by atoms with E-state index in [2.05, 4.69) is 15.6 Å². The normalized spacial score (nSPS) is 10.2. The Bertz CT molecular complexity index is 664. The molecule has 20 heavy (non-hydrogen) atoms. The zero-order valence-corrected chi connectivity index (χ0v) is 11.1. The lowest BCUT2D eigenvalue weighted by Gasteiger charge is -2.08. The quantitative estimate of drug-likeness (QED) is 0.914. The average Bonchev–Trinajstić information content (AvgIpc) is 2.42. The van der Waals surface area contributed by atoms with Crippen LogP contribution in [0.1, 0.15) is 10.5 Å². The molecule has 4 nitrogen and oxygen atoms in total. The first-order valence-corrected chi connectivity index (χ1v) is 5.99. The van der Waals surface area contributed by atoms with Crippen LogP contribution in [0.5, 0.6) is 0 Å². The Balaban J connectivity index is 2.28. The summed E-state index contributed by atoms with van der Waals surface area (Å²) in [5, 5.41) is 5.18. The van der Waals surface area contributed by atoms with Gasteiger partial charge < -0.3 is 10.6 Å². The van der Waals surface area contributed by atoms with Gasteiger partial charge in [0.2, 0.25) is 0 Å². The van der Waals surface area contributed by atoms with Crippen LogP contribution in [0.25, 0.3) is 0 Å². The van der Waals surface area contributed by atoms with Gasteiger partial charge in [-0.3, -0.25) is 4.79 Å². The summed E-state index contributed by atoms with van der Waals surface area (Å²) in [6.07, 6.45) is 0. The standard InChI is InChI=1S/C13H10ClF2N3O/c1-17-11-5-3-8(14)12(19-11)13(20)18-10-4-2-7(15)6-9(10)16/h2-6H,1H3,(H,17,19)(H,18,20). The van der Waals surface area contributed by atoms with Crippen molar-refractivity contribution in [1.29, 1.82) is 0 Å². The van der Waals surface area contributed by atoms with Gasteiger partial charge in [0.15, 0.2) is 0 Å². The van der Waals surface area contributed by atoms with Gasteiger partial charge in [-0.1, -0.05) is 11.6 Å². The topological polar surface area (TPSA) is 54.0 Å². The van der Waals surface area contributed by atoms with Gasteiger partial charge in [0.1, 0.15) is 23.1 Å². The number of hydrogen-bond acceptors (Lipinski definition) is 3. The SMILES string of the molecule is CNc1ccc(Cl)c(C(=O)Nc2ccc(F)cc2F)n1. The Labute approximate surface area is 118 Å². The van der Waals surface area contributed by atoms with Crippen molar-refractivity contribution in [2.24, 2.45) is 0 Å². The Morgan fingerprint density at radius 1 is 1.25 bits per heavy atom. The monoisotopic (exact) mass is 297 g/mol. The van der Waals surface area contributed by atoms with E-state index >= 15 is 0 Å². The highest BCUT2D eigenvalue weighted by Gasteiger charge is 2.15. The third kappa shape index (κ3) is 3.03. The number of halogens is 3. The lowest BCUT2D eigenvalue weighted by molar-refractivity contribution is 0.102. The van der Waals surface area contributed by atoms with Crippen molar-refractivity contribution < 1.29 is 13.6 Å². The predicted molar refractivity (Wildman–Crippen MR) is 73.1 cm³/mol. The fourth-order valence-electron chi connectivity index (χ4n) is 1.51. The van der Waals surface area contributed by atoms with Crippen LogP contribution < -0.4 is 10.6 Å². The highest BCUT2D eigenvalue weighted by atomic mass is 35.5. The van der Waals surface area contributed by atoms with Gasteiger partial charge >= 0.3 is 0 Å². The lowest BCUT2D eigenvalue weighted by atomic mass is 10.2. The van der Waals surface area contributed by atoms with E-state index in [4.69, 9.17) is 11.6 Å². The van der Waals surface area contributed by atoms with Gasteiger partial charge in [-0.05, 0) is 24.3 Å². The van der Waals surface area contributed by atoms with Crippen LogP contribution in [0.15, 0.2) is 30.3 Å². The Hall–Kier alpha value is -2.21. The molecule has 1 aromatic carbocycles. The maximum atomic E-state index is 13.5. The first kappa shape index (κ1) is 14.2. The number of carbonyl (C=O) groups is 1. The Morgan fingerprint density at radius 3 is 2.65 bits per heavy atom. The molecule has 0 bridgehead atoms. The van der Waals surface area contributed by atoms with Gasteiger partial charge in [-0.15, -0.1) is 0 Å². The van der Waals surface area contributed by atoms with Crippen molar-refractivity contribution in [2.45, 2.75) is 0 Å². The van der Waals surface area contributed by atoms with Crippen LogP contribution in [0, 0.1) is 11.6 Å². The number of anilines is 2. The maximum Gasteiger partial charge on any atom is 0.275 e. The van der Waals surface area contributed by atoms with E-state index in [-0.39, 0.29) is 16.4 Å². The molecular formula is C13H10ClF2N3O. The minimum Gasteiger partial charge on any atom is -0.373 e. The van der Waals surface area contributed by atoms with E-state index in [0.717, 1.165) is 12.1 Å². The third-order valence-corrected chi connectivity index (χ3v) is 2.80. The number of pyridine rings is 1. The summed E-state index contributed by atoms with van der Waals surface area (Å²) in [6, 6.07) is 5.93. The minimum atomic E-state index is -0.876. The Kier molecular flexibility index (Phi) is 4.14. The molecule has 2 aromatic rings. The molecule has 0 aliphatic rings. The van der Waals surface area contributed by atoms with Crippen molar-refractivity contribution in [1.82, 2.24) is 4.98 Å². The number of nitrogens with one attached hydrogen (secondary N) is 2. The zero-order chi connectivity index (χ0) is 14.7. The van der Waals surface area contributed by atoms with Gasteiger partial charge in [0, 0.05) is 13.1 Å². The molecule has 0 atom stereocenters. The third-order valence-electron chi connectivity index (χ3n) is 2.50. The maximum absolute atomic E-state index is 13.5. The fraction of sp³-hybridized carbons (Fsp3) is 0.0769. The summed E-state index contributed by atoms with van der Waals surface area (Å²) in [5.41, 5.74) is -0.202. The molecule has 2 N–H and O–H groups in total. The van der Waals surface area contributed by atoms with Crippen molar-refractivity contribution >= 4 is 29.0 Å². The van der Waals surface area contributed by atoms with Crippen molar-refractivity contribution in [2.75, 3.05) is 17.7 Å². The number of carbonyl (C=O) groups excluding carboxylic acids is 1. The summed E-state index contributed by atoms with van der Waals surface area (Å²) in [5.74, 6) is -1.84. The van der Waals surface area contributed by atoms with Gasteiger partial charge in [-0.25, -0.2) is 13.8 Å². The fourth-order valence-corrected chi connectivity index (χ4v) is 1.70. The average molecular weight is 298 g/mol. The van der Waals surface area contributed by atoms with Crippen molar-refractivity contribution in [3.63, 3.8) is 0 Å². The van der Waals surface area contributed by atoms with E-state index in [0.29, 0.717) is 11.9 Å². The molecule has 104 valence electrons. The summed E-state index contributed by atoms with van der Waals surface area (Å²) >= 11 is 5.87. The van der Waals surface area contributed by atoms with E-state index in [9.17, 15) is 13.6 Å². The number of amides is 1. The van der Waals surface area contributed by atoms with E-state index in [1.165, 1.54) is 6.07 Å². The second kappa shape index (κ2) is 5.83. The molecule has 1 aromatic heterocycles. The smallest absolute Gasteiger partial charge is 0.275 e. The minimum absolute atomic E-state index is 0.0535. The molecule has 0 saturated carbocycles. The number of aromatic nitrogens is 1. The highest BCUT2D eigenvalue weighted by molar-refractivity contribution is 6.34. The number of nitrogens with zero attached hydrogens (tertiary/aromatic N) is 1. The second-order valence-corrected chi connectivity index (χ2v) is 4.26. The van der Waals surface area contributed by atoms with Gasteiger partial charge in [0.05, 0.1) is 10.7 Å². The van der Waals surface area contributed by atoms with Crippen molar-refractivity contribution in [3.05, 3.63) is 52.7 Å². The van der Waals surface area contributed by atoms with Crippen LogP contribution in [-0.4, -0.2) is 17.9 Å². The molecule has 2 rings (SSSR count). The molecule has 0 radical (unpaired) electrons. The molecule has 0 spiro atoms. The lowest BCUT2D eigenvalue weighted by Crippen LogP contribution is -2.16. The van der Waals surface area contributed by atoms with Crippen molar-refractivity contribution in [3.8, 4) is 0 Å². The second-order valence-electron chi connectivity index (χ2n) is 3.86. The summed E-state index contributed by atoms with van der Waals surface area (Å²) in [4.78, 5) is 16.0. The van der Waals surface area contributed by atoms with E-state index in [1.807, 2.05) is 0 Å². The van der Waals surface area contributed by atoms with E-state index in [1.54, 1.807) is 13.1 Å². The van der Waals surface area contributed by atoms with Crippen LogP contribution in [0.3, 0.4) is 0 Å². The zero-order valence-electron chi connectivity index (χ0n) is 10.4. The van der Waals surface area contributed by atoms with E-state index < -0.39 is 17.5 Å². The molecule has 1 heterocycles. The van der Waals surface area contributed by atoms with Gasteiger partial charge in [-0.2, -0.15) is 0 Å². The number of benzene rings is 1. The van der Waals surface area contributed by atoms with Crippen LogP contribution in [0.2, 0.25) is 5.02 Å². The van der Waals surface area contributed by atoms with Gasteiger partial charge in [0.25, 0.3) is 5.91 Å². The number of hydrogen-bond donors (Lipinski definition) is 2. The summed E-state index contributed by atoms with van der Waals surface area (Å²) in [7, 11) is 1.64. The molecule has 7 heteroatoms. The molecule has 0 saturated heterocycles. The molecule has 0 fully saturated rings. The molecular weight excluding hydrogens is 288 g/mol. The molecule has 1 amide bonds. The first-order valence-electron chi connectivity index (χ1n) is 5.62. The molecule has 0 aliphatic heterocycles. The predicted octanol–water partition coefficient (Wildman–Crippen LogP) is 3.31. The first-order chi connectivity index (χ1) is 9.51. The largest absolute Gasteiger partial charge is 0.373 e. The van der Waals surface area contributed by atoms with Crippen LogP contribution >= 0.6 is 11.6 Å². The highest BCUT2D eigenvalue weighted by Crippen LogP contribution is 2.20.